The molecule has 0 amide bonds. The van der Waals surface area contributed by atoms with Crippen LogP contribution >= 0.6 is 11.6 Å². The van der Waals surface area contributed by atoms with Crippen LogP contribution in [0, 0.1) is 5.92 Å². The first kappa shape index (κ1) is 23.8. The maximum absolute atomic E-state index is 12.9. The number of fused-ring (bicyclic) bond motifs is 1. The van der Waals surface area contributed by atoms with Crippen LogP contribution < -0.4 is 5.32 Å². The van der Waals surface area contributed by atoms with E-state index in [0.29, 0.717) is 57.3 Å². The molecule has 176 valence electrons. The lowest BCUT2D eigenvalue weighted by atomic mass is 10.2. The maximum atomic E-state index is 12.9. The first-order valence-electron chi connectivity index (χ1n) is 10.5. The highest BCUT2D eigenvalue weighted by Crippen LogP contribution is 2.32. The molecule has 0 radical (unpaired) electrons. The Morgan fingerprint density at radius 2 is 1.76 bits per heavy atom. The fraction of sp³-hybridized carbons (Fsp3) is 0.250. The number of pyridine rings is 2. The van der Waals surface area contributed by atoms with Gasteiger partial charge in [0.2, 0.25) is 0 Å². The Labute approximate surface area is 199 Å². The number of halogens is 4. The quantitative estimate of drug-likeness (QED) is 0.313. The van der Waals surface area contributed by atoms with Crippen LogP contribution in [0.15, 0.2) is 54.7 Å². The molecule has 0 bridgehead atoms. The molecule has 3 heterocycles. The second kappa shape index (κ2) is 9.90. The summed E-state index contributed by atoms with van der Waals surface area (Å²) in [5, 5.41) is 4.12. The maximum Gasteiger partial charge on any atom is 0.416 e. The zero-order valence-electron chi connectivity index (χ0n) is 18.4. The van der Waals surface area contributed by atoms with Crippen molar-refractivity contribution in [3.63, 3.8) is 0 Å². The van der Waals surface area contributed by atoms with Crippen LogP contribution in [-0.2, 0) is 17.5 Å². The molecule has 0 spiro atoms. The second-order valence-corrected chi connectivity index (χ2v) is 8.41. The highest BCUT2D eigenvalue weighted by Gasteiger charge is 2.30. The predicted molar refractivity (Wildman–Crippen MR) is 125 cm³/mol. The molecule has 0 saturated heterocycles. The van der Waals surface area contributed by atoms with Crippen molar-refractivity contribution in [2.75, 3.05) is 11.9 Å². The molecule has 0 atom stereocenters. The van der Waals surface area contributed by atoms with Crippen molar-refractivity contribution in [3.8, 4) is 11.4 Å². The van der Waals surface area contributed by atoms with E-state index in [-0.39, 0.29) is 6.61 Å². The van der Waals surface area contributed by atoms with Crippen molar-refractivity contribution in [2.24, 2.45) is 5.92 Å². The van der Waals surface area contributed by atoms with E-state index in [2.05, 4.69) is 25.3 Å². The van der Waals surface area contributed by atoms with Crippen molar-refractivity contribution >= 4 is 34.1 Å². The van der Waals surface area contributed by atoms with Gasteiger partial charge in [0.1, 0.15) is 18.1 Å². The van der Waals surface area contributed by atoms with Crippen LogP contribution in [0.1, 0.15) is 25.2 Å². The van der Waals surface area contributed by atoms with Gasteiger partial charge in [-0.1, -0.05) is 25.4 Å². The molecular weight excluding hydrogens is 467 g/mol. The van der Waals surface area contributed by atoms with Gasteiger partial charge in [-0.05, 0) is 54.4 Å². The van der Waals surface area contributed by atoms with Crippen molar-refractivity contribution < 1.29 is 17.9 Å². The van der Waals surface area contributed by atoms with Gasteiger partial charge >= 0.3 is 6.18 Å². The van der Waals surface area contributed by atoms with E-state index in [1.54, 1.807) is 30.5 Å². The van der Waals surface area contributed by atoms with Crippen molar-refractivity contribution in [1.82, 2.24) is 19.9 Å². The predicted octanol–water partition coefficient (Wildman–Crippen LogP) is 6.68. The lowest BCUT2D eigenvalue weighted by molar-refractivity contribution is -0.137. The second-order valence-electron chi connectivity index (χ2n) is 8.00. The summed E-state index contributed by atoms with van der Waals surface area (Å²) in [5.41, 5.74) is 1.14. The Morgan fingerprint density at radius 3 is 2.44 bits per heavy atom. The Hall–Kier alpha value is -3.30. The van der Waals surface area contributed by atoms with Crippen molar-refractivity contribution in [1.29, 1.82) is 0 Å². The van der Waals surface area contributed by atoms with Crippen LogP contribution in [0.4, 0.5) is 24.7 Å². The summed E-state index contributed by atoms with van der Waals surface area (Å²) in [4.78, 5) is 18.0. The number of aromatic nitrogens is 4. The molecule has 34 heavy (non-hydrogen) atoms. The SMILES string of the molecule is CC(C)COCc1nc(Nc2ccc(C(F)(F)F)cc2)c2ccc(-c3ncccc3Cl)nc2n1. The molecule has 0 saturated carbocycles. The van der Waals surface area contributed by atoms with E-state index in [1.807, 2.05) is 13.8 Å². The van der Waals surface area contributed by atoms with E-state index in [1.165, 1.54) is 12.1 Å². The minimum Gasteiger partial charge on any atom is -0.373 e. The van der Waals surface area contributed by atoms with E-state index >= 15 is 0 Å². The number of nitrogens with one attached hydrogen (secondary N) is 1. The monoisotopic (exact) mass is 487 g/mol. The lowest BCUT2D eigenvalue weighted by Crippen LogP contribution is -2.08. The topological polar surface area (TPSA) is 72.8 Å². The molecular formula is C24H21ClF3N5O. The normalized spacial score (nSPS) is 11.9. The molecule has 4 rings (SSSR count). The average Bonchev–Trinajstić information content (AvgIpc) is 2.78. The molecule has 6 nitrogen and oxygen atoms in total. The van der Waals surface area contributed by atoms with E-state index in [4.69, 9.17) is 16.3 Å². The fourth-order valence-electron chi connectivity index (χ4n) is 3.19. The third-order valence-corrected chi connectivity index (χ3v) is 5.07. The number of anilines is 2. The van der Waals surface area contributed by atoms with Crippen LogP contribution in [0.3, 0.4) is 0 Å². The number of hydrogen-bond acceptors (Lipinski definition) is 6. The zero-order chi connectivity index (χ0) is 24.3. The summed E-state index contributed by atoms with van der Waals surface area (Å²) in [6.45, 7) is 4.75. The van der Waals surface area contributed by atoms with E-state index in [9.17, 15) is 13.2 Å². The van der Waals surface area contributed by atoms with Gasteiger partial charge in [0.05, 0.1) is 21.7 Å². The summed E-state index contributed by atoms with van der Waals surface area (Å²) in [7, 11) is 0. The van der Waals surface area contributed by atoms with Gasteiger partial charge in [0.25, 0.3) is 0 Å². The minimum absolute atomic E-state index is 0.159. The molecule has 10 heteroatoms. The van der Waals surface area contributed by atoms with Gasteiger partial charge in [0.15, 0.2) is 11.5 Å². The molecule has 3 aromatic heterocycles. The highest BCUT2D eigenvalue weighted by molar-refractivity contribution is 6.32. The molecule has 1 N–H and O–H groups in total. The Balaban J connectivity index is 1.73. The molecule has 4 aromatic rings. The number of hydrogen-bond donors (Lipinski definition) is 1. The van der Waals surface area contributed by atoms with Gasteiger partial charge in [-0.2, -0.15) is 13.2 Å². The summed E-state index contributed by atoms with van der Waals surface area (Å²) in [5.74, 6) is 1.12. The Bertz CT molecular complexity index is 1300. The molecule has 0 aliphatic heterocycles. The van der Waals surface area contributed by atoms with Gasteiger partial charge in [0, 0.05) is 18.5 Å². The molecule has 0 fully saturated rings. The number of ether oxygens (including phenoxy) is 1. The Morgan fingerprint density at radius 1 is 1.00 bits per heavy atom. The number of benzene rings is 1. The fourth-order valence-corrected chi connectivity index (χ4v) is 3.40. The van der Waals surface area contributed by atoms with E-state index < -0.39 is 11.7 Å². The van der Waals surface area contributed by atoms with Gasteiger partial charge in [-0.15, -0.1) is 0 Å². The molecule has 0 unspecified atom stereocenters. The minimum atomic E-state index is -4.41. The Kier molecular flexibility index (Phi) is 6.95. The van der Waals surface area contributed by atoms with E-state index in [0.717, 1.165) is 12.1 Å². The summed E-state index contributed by atoms with van der Waals surface area (Å²) in [6, 6.07) is 11.7. The van der Waals surface area contributed by atoms with Crippen LogP contribution in [-0.4, -0.2) is 26.5 Å². The molecule has 0 aliphatic rings. The van der Waals surface area contributed by atoms with Crippen molar-refractivity contribution in [3.05, 3.63) is 71.1 Å². The first-order chi connectivity index (χ1) is 16.2. The first-order valence-corrected chi connectivity index (χ1v) is 10.9. The van der Waals surface area contributed by atoms with Gasteiger partial charge < -0.3 is 10.1 Å². The average molecular weight is 488 g/mol. The van der Waals surface area contributed by atoms with Gasteiger partial charge in [-0.3, -0.25) is 4.98 Å². The van der Waals surface area contributed by atoms with Crippen molar-refractivity contribution in [2.45, 2.75) is 26.6 Å². The standard InChI is InChI=1S/C24H21ClF3N5O/c1-14(2)12-34-13-20-32-22(30-16-7-5-15(6-8-16)24(26,27)28)17-9-10-19(31-23(17)33-20)21-18(25)4-3-11-29-21/h3-11,14H,12-13H2,1-2H3,(H,30,31,32,33). The van der Waals surface area contributed by atoms with Crippen LogP contribution in [0.5, 0.6) is 0 Å². The molecule has 1 aromatic carbocycles. The van der Waals surface area contributed by atoms with Crippen LogP contribution in [0.2, 0.25) is 5.02 Å². The summed E-state index contributed by atoms with van der Waals surface area (Å²) >= 11 is 6.28. The number of nitrogens with zero attached hydrogens (tertiary/aromatic N) is 4. The third-order valence-electron chi connectivity index (χ3n) is 4.76. The highest BCUT2D eigenvalue weighted by atomic mass is 35.5. The summed E-state index contributed by atoms with van der Waals surface area (Å²) in [6.07, 6.45) is -2.79. The third kappa shape index (κ3) is 5.60. The largest absolute Gasteiger partial charge is 0.416 e. The smallest absolute Gasteiger partial charge is 0.373 e. The lowest BCUT2D eigenvalue weighted by Gasteiger charge is -2.13. The molecule has 0 aliphatic carbocycles. The van der Waals surface area contributed by atoms with Crippen LogP contribution in [0.25, 0.3) is 22.4 Å². The summed E-state index contributed by atoms with van der Waals surface area (Å²) < 4.78 is 44.4. The number of alkyl halides is 3. The number of rotatable bonds is 7. The zero-order valence-corrected chi connectivity index (χ0v) is 19.2. The van der Waals surface area contributed by atoms with Gasteiger partial charge in [-0.25, -0.2) is 15.0 Å².